The number of aromatic nitrogens is 4. The predicted octanol–water partition coefficient (Wildman–Crippen LogP) is 2.04. The largest absolute Gasteiger partial charge is 0.179 e. The first-order valence-corrected chi connectivity index (χ1v) is 6.78. The first-order chi connectivity index (χ1) is 8.23. The summed E-state index contributed by atoms with van der Waals surface area (Å²) in [5.74, 6) is 4.38. The van der Waals surface area contributed by atoms with E-state index in [2.05, 4.69) is 20.4 Å². The van der Waals surface area contributed by atoms with E-state index in [9.17, 15) is 0 Å². The van der Waals surface area contributed by atoms with Crippen molar-refractivity contribution in [1.82, 2.24) is 20.4 Å². The highest BCUT2D eigenvalue weighted by molar-refractivity contribution is 5.15. The zero-order valence-corrected chi connectivity index (χ0v) is 10.3. The van der Waals surface area contributed by atoms with Gasteiger partial charge in [-0.3, -0.25) is 0 Å². The van der Waals surface area contributed by atoms with Crippen LogP contribution in [0.15, 0.2) is 0 Å². The van der Waals surface area contributed by atoms with Crippen LogP contribution in [0.3, 0.4) is 0 Å². The SMILES string of the molecule is Cc1nnc(C23CC4CC(CC(C4)C2)C3)nn1. The van der Waals surface area contributed by atoms with Crippen LogP contribution in [0.25, 0.3) is 0 Å². The third-order valence-electron chi connectivity index (χ3n) is 5.09. The second-order valence-electron chi connectivity index (χ2n) is 6.47. The lowest BCUT2D eigenvalue weighted by Crippen LogP contribution is -2.49. The van der Waals surface area contributed by atoms with Crippen molar-refractivity contribution >= 4 is 0 Å². The van der Waals surface area contributed by atoms with Crippen LogP contribution in [0.4, 0.5) is 0 Å². The predicted molar refractivity (Wildman–Crippen MR) is 62.2 cm³/mol. The molecule has 0 aliphatic heterocycles. The fourth-order valence-corrected chi connectivity index (χ4v) is 4.88. The minimum atomic E-state index is 0.239. The van der Waals surface area contributed by atoms with Crippen LogP contribution in [0, 0.1) is 24.7 Å². The van der Waals surface area contributed by atoms with Crippen LogP contribution < -0.4 is 0 Å². The molecular formula is C13H18N4. The molecule has 4 fully saturated rings. The minimum Gasteiger partial charge on any atom is -0.132 e. The Kier molecular flexibility index (Phi) is 1.89. The quantitative estimate of drug-likeness (QED) is 0.741. The van der Waals surface area contributed by atoms with E-state index in [0.717, 1.165) is 23.6 Å². The number of aryl methyl sites for hydroxylation is 1. The van der Waals surface area contributed by atoms with Crippen molar-refractivity contribution in [3.05, 3.63) is 11.6 Å². The Bertz CT molecular complexity index is 404. The Balaban J connectivity index is 1.74. The van der Waals surface area contributed by atoms with E-state index in [1.165, 1.54) is 38.5 Å². The zero-order valence-electron chi connectivity index (χ0n) is 10.3. The van der Waals surface area contributed by atoms with Gasteiger partial charge in [0.05, 0.1) is 0 Å². The third kappa shape index (κ3) is 1.42. The molecule has 4 aliphatic carbocycles. The molecule has 0 saturated heterocycles. The Hall–Kier alpha value is -1.06. The van der Waals surface area contributed by atoms with Crippen LogP contribution in [0.1, 0.15) is 50.2 Å². The lowest BCUT2D eigenvalue weighted by Gasteiger charge is -2.55. The standard InChI is InChI=1S/C13H18N4/c1-8-14-16-12(17-15-8)13-5-9-2-10(6-13)4-11(3-9)7-13/h9-11H,2-7H2,1H3. The number of hydrogen-bond donors (Lipinski definition) is 0. The number of rotatable bonds is 1. The molecule has 1 heterocycles. The van der Waals surface area contributed by atoms with E-state index in [-0.39, 0.29) is 5.41 Å². The van der Waals surface area contributed by atoms with Crippen LogP contribution in [0.2, 0.25) is 0 Å². The first-order valence-electron chi connectivity index (χ1n) is 6.78. The summed E-state index contributed by atoms with van der Waals surface area (Å²) in [6.45, 7) is 1.85. The average Bonchev–Trinajstić information content (AvgIpc) is 2.27. The lowest BCUT2D eigenvalue weighted by molar-refractivity contribution is -0.0104. The Morgan fingerprint density at radius 2 is 1.29 bits per heavy atom. The van der Waals surface area contributed by atoms with Crippen molar-refractivity contribution < 1.29 is 0 Å². The monoisotopic (exact) mass is 230 g/mol. The molecule has 0 aromatic carbocycles. The molecule has 1 aromatic heterocycles. The topological polar surface area (TPSA) is 51.6 Å². The second kappa shape index (κ2) is 3.24. The van der Waals surface area contributed by atoms with Crippen molar-refractivity contribution in [1.29, 1.82) is 0 Å². The van der Waals surface area contributed by atoms with Gasteiger partial charge in [-0.2, -0.15) is 0 Å². The Labute approximate surface area is 101 Å². The third-order valence-corrected chi connectivity index (χ3v) is 5.09. The summed E-state index contributed by atoms with van der Waals surface area (Å²) in [6.07, 6.45) is 8.20. The van der Waals surface area contributed by atoms with Crippen molar-refractivity contribution in [2.75, 3.05) is 0 Å². The zero-order chi connectivity index (χ0) is 11.5. The van der Waals surface area contributed by atoms with E-state index in [1.807, 2.05) is 6.92 Å². The summed E-state index contributed by atoms with van der Waals surface area (Å²) in [7, 11) is 0. The van der Waals surface area contributed by atoms with Gasteiger partial charge in [0.15, 0.2) is 11.6 Å². The summed E-state index contributed by atoms with van der Waals surface area (Å²) < 4.78 is 0. The maximum absolute atomic E-state index is 4.34. The highest BCUT2D eigenvalue weighted by Crippen LogP contribution is 2.59. The highest BCUT2D eigenvalue weighted by atomic mass is 15.3. The molecule has 4 bridgehead atoms. The van der Waals surface area contributed by atoms with Gasteiger partial charge >= 0.3 is 0 Å². The molecule has 17 heavy (non-hydrogen) atoms. The van der Waals surface area contributed by atoms with Crippen molar-refractivity contribution in [2.45, 2.75) is 50.9 Å². The smallest absolute Gasteiger partial charge is 0.132 e. The lowest BCUT2D eigenvalue weighted by atomic mass is 9.49. The van der Waals surface area contributed by atoms with E-state index < -0.39 is 0 Å². The number of nitrogens with zero attached hydrogens (tertiary/aromatic N) is 4. The normalized spacial score (nSPS) is 43.0. The molecule has 5 rings (SSSR count). The Morgan fingerprint density at radius 3 is 1.76 bits per heavy atom. The van der Waals surface area contributed by atoms with Crippen LogP contribution >= 0.6 is 0 Å². The molecule has 4 nitrogen and oxygen atoms in total. The fourth-order valence-electron chi connectivity index (χ4n) is 4.88. The minimum absolute atomic E-state index is 0.239. The van der Waals surface area contributed by atoms with Gasteiger partial charge in [-0.25, -0.2) is 0 Å². The van der Waals surface area contributed by atoms with Gasteiger partial charge in [0, 0.05) is 5.41 Å². The molecule has 4 heteroatoms. The van der Waals surface area contributed by atoms with Crippen LogP contribution in [-0.2, 0) is 5.41 Å². The van der Waals surface area contributed by atoms with Gasteiger partial charge in [0.25, 0.3) is 0 Å². The van der Waals surface area contributed by atoms with Crippen LogP contribution in [0.5, 0.6) is 0 Å². The van der Waals surface area contributed by atoms with Crippen LogP contribution in [-0.4, -0.2) is 20.4 Å². The molecule has 0 spiro atoms. The van der Waals surface area contributed by atoms with Gasteiger partial charge < -0.3 is 0 Å². The summed E-state index contributed by atoms with van der Waals surface area (Å²) in [5, 5.41) is 16.9. The summed E-state index contributed by atoms with van der Waals surface area (Å²) in [5.41, 5.74) is 0.239. The summed E-state index contributed by atoms with van der Waals surface area (Å²) >= 11 is 0. The maximum Gasteiger partial charge on any atom is 0.179 e. The number of hydrogen-bond acceptors (Lipinski definition) is 4. The Morgan fingerprint density at radius 1 is 0.824 bits per heavy atom. The first kappa shape index (κ1) is 9.92. The van der Waals surface area contributed by atoms with Gasteiger partial charge in [-0.1, -0.05) is 0 Å². The van der Waals surface area contributed by atoms with E-state index in [4.69, 9.17) is 0 Å². The molecule has 0 radical (unpaired) electrons. The second-order valence-corrected chi connectivity index (χ2v) is 6.47. The molecular weight excluding hydrogens is 212 g/mol. The molecule has 4 saturated carbocycles. The molecule has 0 atom stereocenters. The van der Waals surface area contributed by atoms with E-state index in [1.54, 1.807) is 0 Å². The summed E-state index contributed by atoms with van der Waals surface area (Å²) in [6, 6.07) is 0. The molecule has 1 aromatic rings. The van der Waals surface area contributed by atoms with Crippen molar-refractivity contribution in [2.24, 2.45) is 17.8 Å². The molecule has 0 amide bonds. The van der Waals surface area contributed by atoms with Gasteiger partial charge in [-0.15, -0.1) is 20.4 Å². The fraction of sp³-hybridized carbons (Fsp3) is 0.846. The van der Waals surface area contributed by atoms with E-state index in [0.29, 0.717) is 5.82 Å². The van der Waals surface area contributed by atoms with Gasteiger partial charge in [-0.05, 0) is 63.2 Å². The molecule has 90 valence electrons. The maximum atomic E-state index is 4.34. The molecule has 0 unspecified atom stereocenters. The van der Waals surface area contributed by atoms with Gasteiger partial charge in [0.1, 0.15) is 0 Å². The molecule has 4 aliphatic rings. The van der Waals surface area contributed by atoms with Gasteiger partial charge in [0.2, 0.25) is 0 Å². The average molecular weight is 230 g/mol. The van der Waals surface area contributed by atoms with E-state index >= 15 is 0 Å². The van der Waals surface area contributed by atoms with Crippen molar-refractivity contribution in [3.8, 4) is 0 Å². The highest BCUT2D eigenvalue weighted by Gasteiger charge is 2.53. The van der Waals surface area contributed by atoms with Crippen molar-refractivity contribution in [3.63, 3.8) is 0 Å². The summed E-state index contributed by atoms with van der Waals surface area (Å²) in [4.78, 5) is 0. The molecule has 0 N–H and O–H groups in total.